The Labute approximate surface area is 184 Å². The van der Waals surface area contributed by atoms with Gasteiger partial charge < -0.3 is 29.6 Å². The summed E-state index contributed by atoms with van der Waals surface area (Å²) in [5, 5.41) is 5.40. The van der Waals surface area contributed by atoms with Crippen LogP contribution in [-0.4, -0.2) is 49.8 Å². The quantitative estimate of drug-likeness (QED) is 0.604. The first kappa shape index (κ1) is 21.3. The van der Waals surface area contributed by atoms with Gasteiger partial charge in [0.25, 0.3) is 5.91 Å². The van der Waals surface area contributed by atoms with Crippen LogP contribution in [0.15, 0.2) is 36.4 Å². The molecule has 0 radical (unpaired) electrons. The standard InChI is InChI=1S/C22H23N3O7/c1-29-15-8-14(9-16(10-15)30-2)23-20(26)6-4-17-21(27)25(22(28)24-17)11-13-3-5-18-19(7-13)32-12-31-18/h3,5,7-10,17H,4,6,11-12H2,1-2H3,(H,23,26)(H,24,28). The maximum Gasteiger partial charge on any atom is 0.325 e. The second kappa shape index (κ2) is 9.04. The lowest BCUT2D eigenvalue weighted by Gasteiger charge is -2.13. The number of methoxy groups -OCH3 is 2. The van der Waals surface area contributed by atoms with Crippen LogP contribution in [0, 0.1) is 0 Å². The number of imide groups is 1. The summed E-state index contributed by atoms with van der Waals surface area (Å²) in [6.07, 6.45) is 0.225. The first-order chi connectivity index (χ1) is 15.5. The van der Waals surface area contributed by atoms with Gasteiger partial charge in [0.05, 0.1) is 20.8 Å². The van der Waals surface area contributed by atoms with Crippen molar-refractivity contribution in [3.05, 3.63) is 42.0 Å². The molecule has 0 spiro atoms. The second-order valence-corrected chi connectivity index (χ2v) is 7.30. The topological polar surface area (TPSA) is 115 Å². The van der Waals surface area contributed by atoms with Gasteiger partial charge in [-0.3, -0.25) is 14.5 Å². The van der Waals surface area contributed by atoms with E-state index in [0.717, 1.165) is 10.5 Å². The number of rotatable bonds is 8. The Morgan fingerprint density at radius 1 is 1.09 bits per heavy atom. The average molecular weight is 441 g/mol. The molecule has 1 saturated heterocycles. The molecule has 0 aromatic heterocycles. The normalized spacial score (nSPS) is 16.7. The second-order valence-electron chi connectivity index (χ2n) is 7.30. The SMILES string of the molecule is COc1cc(NC(=O)CCC2NC(=O)N(Cc3ccc4c(c3)OCO4)C2=O)cc(OC)c1. The van der Waals surface area contributed by atoms with E-state index in [-0.39, 0.29) is 38.0 Å². The zero-order valence-corrected chi connectivity index (χ0v) is 17.7. The summed E-state index contributed by atoms with van der Waals surface area (Å²) in [7, 11) is 3.04. The molecule has 4 rings (SSSR count). The third-order valence-electron chi connectivity index (χ3n) is 5.18. The van der Waals surface area contributed by atoms with Gasteiger partial charge in [-0.25, -0.2) is 4.79 Å². The third-order valence-corrected chi connectivity index (χ3v) is 5.18. The predicted molar refractivity (Wildman–Crippen MR) is 113 cm³/mol. The van der Waals surface area contributed by atoms with Crippen molar-refractivity contribution in [2.24, 2.45) is 0 Å². The van der Waals surface area contributed by atoms with E-state index >= 15 is 0 Å². The van der Waals surface area contributed by atoms with Gasteiger partial charge in [-0.05, 0) is 24.1 Å². The lowest BCUT2D eigenvalue weighted by molar-refractivity contribution is -0.128. The van der Waals surface area contributed by atoms with Crippen molar-refractivity contribution >= 4 is 23.5 Å². The van der Waals surface area contributed by atoms with E-state index in [1.165, 1.54) is 14.2 Å². The molecule has 1 atom stereocenters. The Hall–Kier alpha value is -3.95. The van der Waals surface area contributed by atoms with Crippen LogP contribution in [0.5, 0.6) is 23.0 Å². The highest BCUT2D eigenvalue weighted by molar-refractivity contribution is 6.04. The molecule has 2 aromatic carbocycles. The number of carbonyl (C=O) groups is 3. The lowest BCUT2D eigenvalue weighted by Crippen LogP contribution is -2.31. The van der Waals surface area contributed by atoms with Crippen LogP contribution in [0.3, 0.4) is 0 Å². The molecule has 2 aliphatic heterocycles. The number of carbonyl (C=O) groups excluding carboxylic acids is 3. The van der Waals surface area contributed by atoms with E-state index in [9.17, 15) is 14.4 Å². The molecule has 2 heterocycles. The van der Waals surface area contributed by atoms with Crippen molar-refractivity contribution in [1.82, 2.24) is 10.2 Å². The number of hydrogen-bond acceptors (Lipinski definition) is 7. The van der Waals surface area contributed by atoms with E-state index in [0.29, 0.717) is 28.7 Å². The fraction of sp³-hybridized carbons (Fsp3) is 0.318. The van der Waals surface area contributed by atoms with Gasteiger partial charge in [0.2, 0.25) is 12.7 Å². The molecule has 0 saturated carbocycles. The minimum atomic E-state index is -0.762. The summed E-state index contributed by atoms with van der Waals surface area (Å²) in [5.41, 5.74) is 1.25. The van der Waals surface area contributed by atoms with E-state index in [4.69, 9.17) is 18.9 Å². The van der Waals surface area contributed by atoms with Crippen LogP contribution in [0.4, 0.5) is 10.5 Å². The summed E-state index contributed by atoms with van der Waals surface area (Å²) < 4.78 is 21.0. The molecular weight excluding hydrogens is 418 g/mol. The van der Waals surface area contributed by atoms with E-state index in [1.54, 1.807) is 36.4 Å². The van der Waals surface area contributed by atoms with Crippen molar-refractivity contribution in [3.63, 3.8) is 0 Å². The van der Waals surface area contributed by atoms with Crippen LogP contribution in [-0.2, 0) is 16.1 Å². The van der Waals surface area contributed by atoms with Gasteiger partial charge in [-0.1, -0.05) is 6.07 Å². The number of amides is 4. The van der Waals surface area contributed by atoms with Crippen molar-refractivity contribution in [1.29, 1.82) is 0 Å². The first-order valence-electron chi connectivity index (χ1n) is 10.00. The van der Waals surface area contributed by atoms with Crippen molar-refractivity contribution in [2.45, 2.75) is 25.4 Å². The summed E-state index contributed by atoms with van der Waals surface area (Å²) in [5.74, 6) is 1.62. The highest BCUT2D eigenvalue weighted by Gasteiger charge is 2.38. The summed E-state index contributed by atoms with van der Waals surface area (Å²) in [4.78, 5) is 38.5. The molecule has 4 amide bonds. The number of anilines is 1. The van der Waals surface area contributed by atoms with Crippen LogP contribution >= 0.6 is 0 Å². The minimum absolute atomic E-state index is 0.0497. The molecule has 1 unspecified atom stereocenters. The molecule has 0 bridgehead atoms. The van der Waals surface area contributed by atoms with E-state index in [1.807, 2.05) is 0 Å². The van der Waals surface area contributed by atoms with Gasteiger partial charge in [0.15, 0.2) is 11.5 Å². The summed E-state index contributed by atoms with van der Waals surface area (Å²) in [6.45, 7) is 0.252. The minimum Gasteiger partial charge on any atom is -0.497 e. The van der Waals surface area contributed by atoms with Crippen LogP contribution < -0.4 is 29.6 Å². The Kier molecular flexibility index (Phi) is 6.02. The van der Waals surface area contributed by atoms with Crippen molar-refractivity contribution < 1.29 is 33.3 Å². The maximum absolute atomic E-state index is 12.7. The zero-order chi connectivity index (χ0) is 22.7. The first-order valence-corrected chi connectivity index (χ1v) is 10.00. The summed E-state index contributed by atoms with van der Waals surface area (Å²) >= 11 is 0. The van der Waals surface area contributed by atoms with Crippen LogP contribution in [0.2, 0.25) is 0 Å². The van der Waals surface area contributed by atoms with Gasteiger partial charge in [0.1, 0.15) is 17.5 Å². The highest BCUT2D eigenvalue weighted by Crippen LogP contribution is 2.33. The maximum atomic E-state index is 12.7. The van der Waals surface area contributed by atoms with Gasteiger partial charge in [-0.2, -0.15) is 0 Å². The van der Waals surface area contributed by atoms with E-state index < -0.39 is 12.1 Å². The van der Waals surface area contributed by atoms with Crippen LogP contribution in [0.25, 0.3) is 0 Å². The number of fused-ring (bicyclic) bond motifs is 1. The molecule has 0 aliphatic carbocycles. The van der Waals surface area contributed by atoms with Crippen molar-refractivity contribution in [3.8, 4) is 23.0 Å². The summed E-state index contributed by atoms with van der Waals surface area (Å²) in [6, 6.07) is 9.02. The fourth-order valence-electron chi connectivity index (χ4n) is 3.52. The Morgan fingerprint density at radius 2 is 1.81 bits per heavy atom. The Balaban J connectivity index is 1.33. The Morgan fingerprint density at radius 3 is 2.53 bits per heavy atom. The number of urea groups is 1. The number of ether oxygens (including phenoxy) is 4. The third kappa shape index (κ3) is 4.53. The molecular formula is C22H23N3O7. The van der Waals surface area contributed by atoms with Crippen LogP contribution in [0.1, 0.15) is 18.4 Å². The molecule has 168 valence electrons. The van der Waals surface area contributed by atoms with Gasteiger partial charge in [0, 0.05) is 30.3 Å². The zero-order valence-electron chi connectivity index (χ0n) is 17.7. The van der Waals surface area contributed by atoms with Gasteiger partial charge in [-0.15, -0.1) is 0 Å². The number of hydrogen-bond donors (Lipinski definition) is 2. The number of nitrogens with zero attached hydrogens (tertiary/aromatic N) is 1. The Bertz CT molecular complexity index is 1030. The molecule has 1 fully saturated rings. The lowest BCUT2D eigenvalue weighted by atomic mass is 10.1. The van der Waals surface area contributed by atoms with Gasteiger partial charge >= 0.3 is 6.03 Å². The predicted octanol–water partition coefficient (Wildman–Crippen LogP) is 2.27. The molecule has 2 N–H and O–H groups in total. The number of nitrogens with one attached hydrogen (secondary N) is 2. The molecule has 2 aromatic rings. The fourth-order valence-corrected chi connectivity index (χ4v) is 3.52. The number of benzene rings is 2. The largest absolute Gasteiger partial charge is 0.497 e. The average Bonchev–Trinajstić information content (AvgIpc) is 3.36. The highest BCUT2D eigenvalue weighted by atomic mass is 16.7. The molecule has 32 heavy (non-hydrogen) atoms. The smallest absolute Gasteiger partial charge is 0.325 e. The monoisotopic (exact) mass is 441 g/mol. The molecule has 10 nitrogen and oxygen atoms in total. The van der Waals surface area contributed by atoms with Crippen molar-refractivity contribution in [2.75, 3.05) is 26.3 Å². The van der Waals surface area contributed by atoms with E-state index in [2.05, 4.69) is 10.6 Å². The molecule has 2 aliphatic rings. The molecule has 10 heteroatoms.